The number of nitrogens with zero attached hydrogens (tertiary/aromatic N) is 4. The van der Waals surface area contributed by atoms with Crippen LogP contribution in [0.5, 0.6) is 0 Å². The Morgan fingerprint density at radius 1 is 1.11 bits per heavy atom. The Balaban J connectivity index is 1.83. The third kappa shape index (κ3) is 3.21. The highest BCUT2D eigenvalue weighted by atomic mass is 35.5. The van der Waals surface area contributed by atoms with Gasteiger partial charge in [-0.25, -0.2) is 0 Å². The second-order valence-corrected chi connectivity index (χ2v) is 7.09. The van der Waals surface area contributed by atoms with Crippen LogP contribution in [0.25, 0.3) is 17.3 Å². The first-order valence-corrected chi connectivity index (χ1v) is 9.00. The van der Waals surface area contributed by atoms with Gasteiger partial charge in [-0.15, -0.1) is 5.10 Å². The fourth-order valence-electron chi connectivity index (χ4n) is 2.74. The fourth-order valence-corrected chi connectivity index (χ4v) is 3.50. The Labute approximate surface area is 167 Å². The molecule has 1 aliphatic rings. The number of benzene rings is 1. The van der Waals surface area contributed by atoms with E-state index in [0.29, 0.717) is 10.6 Å². The highest BCUT2D eigenvalue weighted by Crippen LogP contribution is 2.26. The highest BCUT2D eigenvalue weighted by Gasteiger charge is 2.39. The van der Waals surface area contributed by atoms with Crippen LogP contribution >= 0.6 is 36.0 Å². The Bertz CT molecular complexity index is 1110. The summed E-state index contributed by atoms with van der Waals surface area (Å²) in [5.41, 5.74) is 0.657. The van der Waals surface area contributed by atoms with Crippen LogP contribution in [0.3, 0.4) is 0 Å². The summed E-state index contributed by atoms with van der Waals surface area (Å²) in [7, 11) is 0. The molecule has 1 fully saturated rings. The molecule has 27 heavy (non-hydrogen) atoms. The number of halogens is 1. The molecule has 0 aliphatic carbocycles. The summed E-state index contributed by atoms with van der Waals surface area (Å²) in [6.07, 6.45) is -5.21. The number of aliphatic hydroxyl groups is 3. The van der Waals surface area contributed by atoms with Crippen LogP contribution < -0.4 is 0 Å². The van der Waals surface area contributed by atoms with Crippen molar-refractivity contribution in [1.82, 2.24) is 19.2 Å². The number of fused-ring (bicyclic) bond motifs is 1. The normalized spacial score (nSPS) is 25.8. The van der Waals surface area contributed by atoms with E-state index in [4.69, 9.17) is 45.2 Å². The lowest BCUT2D eigenvalue weighted by atomic mass is 10.0. The van der Waals surface area contributed by atoms with Crippen LogP contribution in [-0.2, 0) is 4.74 Å². The Morgan fingerprint density at radius 3 is 2.52 bits per heavy atom. The predicted octanol–water partition coefficient (Wildman–Crippen LogP) is 1.51. The van der Waals surface area contributed by atoms with Crippen molar-refractivity contribution in [2.75, 3.05) is 6.61 Å². The van der Waals surface area contributed by atoms with Gasteiger partial charge in [0.25, 0.3) is 0 Å². The minimum atomic E-state index is -1.45. The molecule has 0 radical (unpaired) electrons. The maximum absolute atomic E-state index is 10.2. The molecule has 3 heterocycles. The minimum Gasteiger partial charge on any atom is -0.403 e. The van der Waals surface area contributed by atoms with Gasteiger partial charge >= 0.3 is 5.84 Å². The number of ether oxygens (including phenoxy) is 1. The Morgan fingerprint density at radius 2 is 1.81 bits per heavy atom. The smallest absolute Gasteiger partial charge is 0.330 e. The third-order valence-corrected chi connectivity index (χ3v) is 5.07. The molecular weight excluding hydrogens is 416 g/mol. The lowest BCUT2D eigenvalue weighted by molar-refractivity contribution is -0.212. The maximum atomic E-state index is 10.2. The van der Waals surface area contributed by atoms with E-state index in [1.165, 1.54) is 9.08 Å². The number of aliphatic hydroxyl groups excluding tert-OH is 3. The number of hydrogen-bond acceptors (Lipinski definition) is 9. The molecule has 9 nitrogen and oxygen atoms in total. The molecule has 4 rings (SSSR count). The zero-order valence-corrected chi connectivity index (χ0v) is 15.9. The van der Waals surface area contributed by atoms with Crippen molar-refractivity contribution in [3.8, 4) is 11.5 Å². The maximum Gasteiger partial charge on any atom is 0.330 e. The van der Waals surface area contributed by atoms with Crippen molar-refractivity contribution in [1.29, 1.82) is 0 Å². The molecule has 0 saturated carbocycles. The summed E-state index contributed by atoms with van der Waals surface area (Å²) in [5, 5.41) is 34.6. The van der Waals surface area contributed by atoms with E-state index in [9.17, 15) is 15.3 Å². The average molecular weight is 429 g/mol. The lowest BCUT2D eigenvalue weighted by Crippen LogP contribution is -2.51. The van der Waals surface area contributed by atoms with Gasteiger partial charge in [-0.05, 0) is 48.7 Å². The van der Waals surface area contributed by atoms with Gasteiger partial charge in [-0.2, -0.15) is 9.50 Å². The molecule has 3 aromatic rings. The second-order valence-electron chi connectivity index (χ2n) is 5.93. The molecule has 0 bridgehead atoms. The average Bonchev–Trinajstić information content (AvgIpc) is 3.06. The third-order valence-electron chi connectivity index (χ3n) is 4.16. The van der Waals surface area contributed by atoms with Crippen LogP contribution in [0.4, 0.5) is 0 Å². The van der Waals surface area contributed by atoms with Gasteiger partial charge in [0.1, 0.15) is 18.3 Å². The zero-order chi connectivity index (χ0) is 19.3. The highest BCUT2D eigenvalue weighted by molar-refractivity contribution is 7.72. The Hall–Kier alpha value is -1.73. The standard InChI is InChI=1S/C15H13ClN4O5S2/c16-7-3-1-6(2-4-7)11-18-20-13(25-11)17-14(26)19(15(20)27)12-10(23)9(22)8(21)5-24-12/h1-4,8-10,12,21-23H,5H2/t8-,9+,10-,12-/m1/s1. The van der Waals surface area contributed by atoms with Gasteiger partial charge in [0, 0.05) is 10.6 Å². The number of hydrogen-bond donors (Lipinski definition) is 3. The van der Waals surface area contributed by atoms with Gasteiger partial charge < -0.3 is 24.5 Å². The molecular formula is C15H13ClN4O5S2. The molecule has 4 atom stereocenters. The van der Waals surface area contributed by atoms with E-state index in [1.807, 2.05) is 0 Å². The van der Waals surface area contributed by atoms with Crippen molar-refractivity contribution in [2.45, 2.75) is 24.5 Å². The summed E-state index contributed by atoms with van der Waals surface area (Å²) in [5.74, 6) is 0.315. The largest absolute Gasteiger partial charge is 0.403 e. The van der Waals surface area contributed by atoms with E-state index in [0.717, 1.165) is 0 Å². The van der Waals surface area contributed by atoms with Crippen LogP contribution in [0.15, 0.2) is 28.7 Å². The Kier molecular flexibility index (Phi) is 4.84. The molecule has 0 spiro atoms. The summed E-state index contributed by atoms with van der Waals surface area (Å²) < 4.78 is 13.6. The molecule has 1 aromatic carbocycles. The van der Waals surface area contributed by atoms with Gasteiger partial charge in [-0.1, -0.05) is 11.6 Å². The first kappa shape index (κ1) is 18.6. The van der Waals surface area contributed by atoms with Crippen molar-refractivity contribution >= 4 is 41.9 Å². The monoisotopic (exact) mass is 428 g/mol. The van der Waals surface area contributed by atoms with Gasteiger partial charge in [0.05, 0.1) is 6.61 Å². The fraction of sp³-hybridized carbons (Fsp3) is 0.333. The molecule has 12 heteroatoms. The molecule has 142 valence electrons. The van der Waals surface area contributed by atoms with E-state index < -0.39 is 24.5 Å². The second kappa shape index (κ2) is 7.02. The summed E-state index contributed by atoms with van der Waals surface area (Å²) in [4.78, 5) is 4.14. The molecule has 0 amide bonds. The van der Waals surface area contributed by atoms with Crippen LogP contribution in [0, 0.1) is 9.54 Å². The quantitative estimate of drug-likeness (QED) is 0.522. The van der Waals surface area contributed by atoms with Crippen LogP contribution in [0.1, 0.15) is 6.23 Å². The topological polar surface area (TPSA) is 118 Å². The van der Waals surface area contributed by atoms with E-state index in [1.54, 1.807) is 24.3 Å². The number of aromatic nitrogens is 4. The van der Waals surface area contributed by atoms with Gasteiger partial charge in [0.15, 0.2) is 6.23 Å². The zero-order valence-electron chi connectivity index (χ0n) is 13.5. The molecule has 3 N–H and O–H groups in total. The van der Waals surface area contributed by atoms with Crippen molar-refractivity contribution in [2.24, 2.45) is 0 Å². The first-order chi connectivity index (χ1) is 12.9. The lowest BCUT2D eigenvalue weighted by Gasteiger charge is -2.35. The van der Waals surface area contributed by atoms with Crippen molar-refractivity contribution in [3.05, 3.63) is 38.8 Å². The van der Waals surface area contributed by atoms with E-state index in [-0.39, 0.29) is 27.9 Å². The van der Waals surface area contributed by atoms with E-state index >= 15 is 0 Å². The summed E-state index contributed by atoms with van der Waals surface area (Å²) >= 11 is 16.5. The van der Waals surface area contributed by atoms with E-state index in [2.05, 4.69) is 10.1 Å². The minimum absolute atomic E-state index is 0.0218. The molecule has 1 aliphatic heterocycles. The SMILES string of the molecule is O[C@@H]1[C@@H](O)[C@H](n2c(=S)nc3oc(-c4ccc(Cl)cc4)nn3c2=S)OC[C@H]1O. The van der Waals surface area contributed by atoms with Crippen LogP contribution in [0.2, 0.25) is 5.02 Å². The number of rotatable bonds is 2. The summed E-state index contributed by atoms with van der Waals surface area (Å²) in [6.45, 7) is -0.197. The summed E-state index contributed by atoms with van der Waals surface area (Å²) in [6, 6.07) is 6.84. The first-order valence-electron chi connectivity index (χ1n) is 7.81. The predicted molar refractivity (Wildman–Crippen MR) is 98.4 cm³/mol. The van der Waals surface area contributed by atoms with Crippen molar-refractivity contribution < 1.29 is 24.5 Å². The van der Waals surface area contributed by atoms with Crippen molar-refractivity contribution in [3.63, 3.8) is 0 Å². The van der Waals surface area contributed by atoms with Gasteiger partial charge in [-0.3, -0.25) is 4.57 Å². The molecule has 1 saturated heterocycles. The van der Waals surface area contributed by atoms with Gasteiger partial charge in [0.2, 0.25) is 15.4 Å². The molecule has 0 unspecified atom stereocenters. The molecule has 2 aromatic heterocycles. The van der Waals surface area contributed by atoms with Crippen LogP contribution in [-0.4, -0.2) is 59.4 Å².